The van der Waals surface area contributed by atoms with Crippen LogP contribution in [0.1, 0.15) is 27.3 Å². The Hall–Kier alpha value is -3.83. The number of carbonyl (C=O) groups is 1. The maximum Gasteiger partial charge on any atom is 0.418 e. The fourth-order valence-electron chi connectivity index (χ4n) is 3.35. The SMILES string of the molecule is COc1ccc(CN(CC(F)(F)F)C(=O)c2nn(-c3ccccc3C(F)(F)F)c(C)cc2=O)cc1. The van der Waals surface area contributed by atoms with Crippen LogP contribution in [0.5, 0.6) is 5.75 Å². The van der Waals surface area contributed by atoms with Crippen molar-refractivity contribution in [3.63, 3.8) is 0 Å². The van der Waals surface area contributed by atoms with E-state index in [1.54, 1.807) is 0 Å². The number of rotatable bonds is 6. The van der Waals surface area contributed by atoms with Crippen LogP contribution in [-0.2, 0) is 12.7 Å². The van der Waals surface area contributed by atoms with Crippen LogP contribution in [0.25, 0.3) is 5.69 Å². The number of carbonyl (C=O) groups excluding carboxylic acids is 1. The van der Waals surface area contributed by atoms with Crippen molar-refractivity contribution in [3.05, 3.63) is 87.3 Å². The number of aromatic nitrogens is 2. The van der Waals surface area contributed by atoms with Gasteiger partial charge in [-0.1, -0.05) is 24.3 Å². The topological polar surface area (TPSA) is 64.4 Å². The van der Waals surface area contributed by atoms with Gasteiger partial charge in [0.1, 0.15) is 12.3 Å². The monoisotopic (exact) mass is 499 g/mol. The third-order valence-electron chi connectivity index (χ3n) is 4.94. The van der Waals surface area contributed by atoms with Gasteiger partial charge in [-0.25, -0.2) is 4.68 Å². The Morgan fingerprint density at radius 2 is 1.66 bits per heavy atom. The molecule has 3 aromatic rings. The van der Waals surface area contributed by atoms with Crippen LogP contribution in [0, 0.1) is 6.92 Å². The highest BCUT2D eigenvalue weighted by molar-refractivity contribution is 5.92. The Morgan fingerprint density at radius 3 is 2.23 bits per heavy atom. The summed E-state index contributed by atoms with van der Waals surface area (Å²) in [6.07, 6.45) is -9.59. The van der Waals surface area contributed by atoms with Crippen molar-refractivity contribution in [1.82, 2.24) is 14.7 Å². The van der Waals surface area contributed by atoms with Gasteiger partial charge in [0.15, 0.2) is 5.69 Å². The van der Waals surface area contributed by atoms with E-state index in [0.717, 1.165) is 28.9 Å². The number of hydrogen-bond acceptors (Lipinski definition) is 4. The predicted octanol–water partition coefficient (Wildman–Crippen LogP) is 4.77. The summed E-state index contributed by atoms with van der Waals surface area (Å²) in [6, 6.07) is 11.0. The van der Waals surface area contributed by atoms with Crippen LogP contribution in [0.3, 0.4) is 0 Å². The first kappa shape index (κ1) is 25.8. The second kappa shape index (κ2) is 9.80. The Bertz CT molecular complexity index is 1270. The first-order chi connectivity index (χ1) is 16.3. The zero-order valence-electron chi connectivity index (χ0n) is 18.4. The van der Waals surface area contributed by atoms with Crippen molar-refractivity contribution in [2.75, 3.05) is 13.7 Å². The second-order valence-corrected chi connectivity index (χ2v) is 7.55. The highest BCUT2D eigenvalue weighted by Gasteiger charge is 2.36. The van der Waals surface area contributed by atoms with Gasteiger partial charge in [-0.3, -0.25) is 9.59 Å². The van der Waals surface area contributed by atoms with E-state index in [9.17, 15) is 35.9 Å². The minimum atomic E-state index is -4.81. The second-order valence-electron chi connectivity index (χ2n) is 7.55. The van der Waals surface area contributed by atoms with Crippen molar-refractivity contribution >= 4 is 5.91 Å². The molecule has 0 saturated carbocycles. The van der Waals surface area contributed by atoms with Gasteiger partial charge in [0.25, 0.3) is 5.91 Å². The first-order valence-electron chi connectivity index (χ1n) is 10.1. The van der Waals surface area contributed by atoms with Gasteiger partial charge in [-0.05, 0) is 36.8 Å². The quantitative estimate of drug-likeness (QED) is 0.459. The molecule has 12 heteroatoms. The summed E-state index contributed by atoms with van der Waals surface area (Å²) in [5, 5.41) is 3.76. The maximum absolute atomic E-state index is 13.5. The molecule has 35 heavy (non-hydrogen) atoms. The van der Waals surface area contributed by atoms with Crippen LogP contribution >= 0.6 is 0 Å². The summed E-state index contributed by atoms with van der Waals surface area (Å²) in [5.41, 5.74) is -3.27. The standard InChI is InChI=1S/C23H19F6N3O3/c1-14-11-19(33)20(30-32(14)18-6-4-3-5-17(18)23(27,28)29)21(34)31(13-22(24,25)26)12-15-7-9-16(35-2)10-8-15/h3-11H,12-13H2,1-2H3. The Kier molecular flexibility index (Phi) is 7.22. The number of halogens is 6. The molecule has 0 radical (unpaired) electrons. The van der Waals surface area contributed by atoms with Crippen LogP contribution < -0.4 is 10.2 Å². The van der Waals surface area contributed by atoms with Gasteiger partial charge in [0.05, 0.1) is 18.4 Å². The number of benzene rings is 2. The van der Waals surface area contributed by atoms with E-state index >= 15 is 0 Å². The zero-order valence-corrected chi connectivity index (χ0v) is 18.4. The van der Waals surface area contributed by atoms with Crippen LogP contribution in [0.2, 0.25) is 0 Å². The minimum Gasteiger partial charge on any atom is -0.497 e. The number of amides is 1. The Morgan fingerprint density at radius 1 is 1.03 bits per heavy atom. The molecule has 0 fully saturated rings. The molecule has 2 aromatic carbocycles. The lowest BCUT2D eigenvalue weighted by Gasteiger charge is -2.24. The molecule has 0 spiro atoms. The molecule has 0 N–H and O–H groups in total. The lowest BCUT2D eigenvalue weighted by Crippen LogP contribution is -2.41. The van der Waals surface area contributed by atoms with Gasteiger partial charge < -0.3 is 9.64 Å². The van der Waals surface area contributed by atoms with Crippen molar-refractivity contribution in [2.45, 2.75) is 25.8 Å². The van der Waals surface area contributed by atoms with Gasteiger partial charge in [0, 0.05) is 18.3 Å². The van der Waals surface area contributed by atoms with E-state index in [2.05, 4.69) is 5.10 Å². The van der Waals surface area contributed by atoms with E-state index in [0.29, 0.717) is 16.2 Å². The minimum absolute atomic E-state index is 0.0409. The highest BCUT2D eigenvalue weighted by atomic mass is 19.4. The molecule has 0 aliphatic rings. The first-order valence-corrected chi connectivity index (χ1v) is 10.1. The number of ether oxygens (including phenoxy) is 1. The smallest absolute Gasteiger partial charge is 0.418 e. The molecule has 1 aromatic heterocycles. The van der Waals surface area contributed by atoms with Crippen LogP contribution in [-0.4, -0.2) is 40.4 Å². The number of aryl methyl sites for hydroxylation is 1. The molecule has 0 aliphatic heterocycles. The molecular weight excluding hydrogens is 480 g/mol. The molecule has 0 aliphatic carbocycles. The maximum atomic E-state index is 13.5. The number of nitrogens with zero attached hydrogens (tertiary/aromatic N) is 3. The van der Waals surface area contributed by atoms with E-state index < -0.39 is 53.7 Å². The van der Waals surface area contributed by atoms with Gasteiger partial charge in [-0.15, -0.1) is 0 Å². The van der Waals surface area contributed by atoms with E-state index in [-0.39, 0.29) is 5.69 Å². The average molecular weight is 499 g/mol. The largest absolute Gasteiger partial charge is 0.497 e. The Balaban J connectivity index is 2.07. The lowest BCUT2D eigenvalue weighted by atomic mass is 10.1. The number of alkyl halides is 6. The van der Waals surface area contributed by atoms with E-state index in [4.69, 9.17) is 4.74 Å². The van der Waals surface area contributed by atoms with Crippen molar-refractivity contribution in [1.29, 1.82) is 0 Å². The van der Waals surface area contributed by atoms with Crippen molar-refractivity contribution in [2.24, 2.45) is 0 Å². The van der Waals surface area contributed by atoms with E-state index in [1.165, 1.54) is 44.4 Å². The van der Waals surface area contributed by atoms with Gasteiger partial charge in [0.2, 0.25) is 5.43 Å². The third kappa shape index (κ3) is 6.19. The summed E-state index contributed by atoms with van der Waals surface area (Å²) in [6.45, 7) is -0.941. The molecule has 186 valence electrons. The molecule has 0 bridgehead atoms. The molecule has 1 heterocycles. The van der Waals surface area contributed by atoms with Gasteiger partial charge in [-0.2, -0.15) is 31.4 Å². The zero-order chi connectivity index (χ0) is 26.0. The Labute approximate surface area is 195 Å². The van der Waals surface area contributed by atoms with Crippen LogP contribution in [0.4, 0.5) is 26.3 Å². The lowest BCUT2D eigenvalue weighted by molar-refractivity contribution is -0.141. The molecule has 6 nitrogen and oxygen atoms in total. The molecular formula is C23H19F6N3O3. The van der Waals surface area contributed by atoms with Crippen molar-refractivity contribution < 1.29 is 35.9 Å². The summed E-state index contributed by atoms with van der Waals surface area (Å²) in [4.78, 5) is 25.9. The molecule has 0 saturated heterocycles. The molecule has 3 rings (SSSR count). The normalized spacial score (nSPS) is 11.9. The third-order valence-corrected chi connectivity index (χ3v) is 4.94. The fraction of sp³-hybridized carbons (Fsp3) is 0.261. The average Bonchev–Trinajstić information content (AvgIpc) is 2.77. The molecule has 1 amide bonds. The summed E-state index contributed by atoms with van der Waals surface area (Å²) in [7, 11) is 1.40. The molecule has 0 unspecified atom stereocenters. The summed E-state index contributed by atoms with van der Waals surface area (Å²) in [5.74, 6) is -0.935. The number of methoxy groups -OCH3 is 1. The summed E-state index contributed by atoms with van der Waals surface area (Å²) < 4.78 is 86.0. The highest BCUT2D eigenvalue weighted by Crippen LogP contribution is 2.33. The van der Waals surface area contributed by atoms with Crippen molar-refractivity contribution in [3.8, 4) is 11.4 Å². The summed E-state index contributed by atoms with van der Waals surface area (Å²) >= 11 is 0. The number of para-hydroxylation sites is 1. The van der Waals surface area contributed by atoms with Crippen LogP contribution in [0.15, 0.2) is 59.4 Å². The molecule has 0 atom stereocenters. The number of hydrogen-bond donors (Lipinski definition) is 0. The fourth-order valence-corrected chi connectivity index (χ4v) is 3.35. The van der Waals surface area contributed by atoms with Gasteiger partial charge >= 0.3 is 12.4 Å². The van der Waals surface area contributed by atoms with E-state index in [1.807, 2.05) is 0 Å². The predicted molar refractivity (Wildman–Crippen MR) is 113 cm³/mol.